The zero-order valence-corrected chi connectivity index (χ0v) is 12.8. The van der Waals surface area contributed by atoms with Gasteiger partial charge in [-0.3, -0.25) is 0 Å². The number of guanidine groups is 1. The molecule has 0 fully saturated rings. The van der Waals surface area contributed by atoms with Crippen LogP contribution in [0.5, 0.6) is 0 Å². The first-order valence-corrected chi connectivity index (χ1v) is 5.49. The standard InChI is InChI=1S/C13H19N3O.HI/c1-10(2)7-15-13(14)16-8-11-5-3-4-6-12(11)9-17;/h3-6,17H,1,7-9H2,2H3,(H3,14,15,16);1H. The summed E-state index contributed by atoms with van der Waals surface area (Å²) < 4.78 is 0. The second kappa shape index (κ2) is 8.93. The predicted octanol–water partition coefficient (Wildman–Crippen LogP) is 1.78. The highest BCUT2D eigenvalue weighted by Crippen LogP contribution is 2.09. The second-order valence-corrected chi connectivity index (χ2v) is 3.94. The lowest BCUT2D eigenvalue weighted by atomic mass is 10.1. The molecule has 100 valence electrons. The lowest BCUT2D eigenvalue weighted by molar-refractivity contribution is 0.280. The molecule has 1 aromatic rings. The predicted molar refractivity (Wildman–Crippen MR) is 85.9 cm³/mol. The number of nitrogens with two attached hydrogens (primary N) is 1. The Kier molecular flexibility index (Phi) is 8.40. The molecule has 0 aliphatic heterocycles. The Hall–Kier alpha value is -1.08. The number of nitrogens with zero attached hydrogens (tertiary/aromatic N) is 1. The summed E-state index contributed by atoms with van der Waals surface area (Å²) in [5, 5.41) is 12.1. The number of halogens is 1. The number of benzene rings is 1. The zero-order chi connectivity index (χ0) is 12.7. The van der Waals surface area contributed by atoms with Crippen LogP contribution in [-0.4, -0.2) is 17.6 Å². The monoisotopic (exact) mass is 361 g/mol. The minimum Gasteiger partial charge on any atom is -0.392 e. The van der Waals surface area contributed by atoms with Crippen molar-refractivity contribution in [2.75, 3.05) is 6.54 Å². The van der Waals surface area contributed by atoms with E-state index in [1.807, 2.05) is 31.2 Å². The van der Waals surface area contributed by atoms with Crippen LogP contribution in [0.2, 0.25) is 0 Å². The van der Waals surface area contributed by atoms with E-state index in [9.17, 15) is 0 Å². The third-order valence-corrected chi connectivity index (χ3v) is 2.28. The van der Waals surface area contributed by atoms with Gasteiger partial charge in [-0.25, -0.2) is 4.99 Å². The van der Waals surface area contributed by atoms with Gasteiger partial charge < -0.3 is 16.2 Å². The van der Waals surface area contributed by atoms with Crippen LogP contribution in [-0.2, 0) is 13.2 Å². The van der Waals surface area contributed by atoms with Crippen molar-refractivity contribution >= 4 is 29.9 Å². The van der Waals surface area contributed by atoms with Crippen molar-refractivity contribution in [3.05, 3.63) is 47.5 Å². The number of aliphatic imine (C=N–C) groups is 1. The van der Waals surface area contributed by atoms with E-state index in [2.05, 4.69) is 16.9 Å². The maximum Gasteiger partial charge on any atom is 0.189 e. The van der Waals surface area contributed by atoms with Crippen LogP contribution in [0, 0.1) is 0 Å². The van der Waals surface area contributed by atoms with E-state index < -0.39 is 0 Å². The molecule has 4 N–H and O–H groups in total. The molecule has 0 aromatic heterocycles. The molecule has 0 amide bonds. The quantitative estimate of drug-likeness (QED) is 0.324. The Balaban J connectivity index is 0.00000289. The summed E-state index contributed by atoms with van der Waals surface area (Å²) in [5.74, 6) is 0.390. The van der Waals surface area contributed by atoms with Gasteiger partial charge >= 0.3 is 0 Å². The molecule has 0 bridgehead atoms. The molecule has 0 spiro atoms. The van der Waals surface area contributed by atoms with Crippen LogP contribution in [0.25, 0.3) is 0 Å². The van der Waals surface area contributed by atoms with Crippen molar-refractivity contribution in [2.45, 2.75) is 20.1 Å². The van der Waals surface area contributed by atoms with Gasteiger partial charge in [-0.15, -0.1) is 24.0 Å². The van der Waals surface area contributed by atoms with Gasteiger partial charge in [0.15, 0.2) is 5.96 Å². The van der Waals surface area contributed by atoms with Crippen LogP contribution < -0.4 is 11.1 Å². The normalized spacial score (nSPS) is 10.7. The van der Waals surface area contributed by atoms with E-state index in [1.54, 1.807) is 0 Å². The highest BCUT2D eigenvalue weighted by molar-refractivity contribution is 14.0. The number of rotatable bonds is 5. The summed E-state index contributed by atoms with van der Waals surface area (Å²) in [5.41, 5.74) is 8.56. The summed E-state index contributed by atoms with van der Waals surface area (Å²) in [6, 6.07) is 7.62. The van der Waals surface area contributed by atoms with Crippen LogP contribution in [0.15, 0.2) is 41.4 Å². The maximum atomic E-state index is 9.15. The maximum absolute atomic E-state index is 9.15. The number of hydrogen-bond acceptors (Lipinski definition) is 2. The zero-order valence-electron chi connectivity index (χ0n) is 10.5. The topological polar surface area (TPSA) is 70.6 Å². The van der Waals surface area contributed by atoms with Gasteiger partial charge in [-0.2, -0.15) is 0 Å². The van der Waals surface area contributed by atoms with E-state index in [1.165, 1.54) is 0 Å². The molecular weight excluding hydrogens is 341 g/mol. The fourth-order valence-corrected chi connectivity index (χ4v) is 1.33. The summed E-state index contributed by atoms with van der Waals surface area (Å²) in [4.78, 5) is 4.21. The third kappa shape index (κ3) is 6.02. The minimum atomic E-state index is 0. The molecule has 0 aliphatic carbocycles. The largest absolute Gasteiger partial charge is 0.392 e. The molecule has 1 aromatic carbocycles. The average molecular weight is 361 g/mol. The van der Waals surface area contributed by atoms with Crippen LogP contribution in [0.3, 0.4) is 0 Å². The molecule has 0 unspecified atom stereocenters. The van der Waals surface area contributed by atoms with Crippen molar-refractivity contribution in [2.24, 2.45) is 10.7 Å². The van der Waals surface area contributed by atoms with E-state index in [0.29, 0.717) is 19.0 Å². The number of aliphatic hydroxyl groups is 1. The van der Waals surface area contributed by atoms with Gasteiger partial charge in [-0.1, -0.05) is 36.4 Å². The lowest BCUT2D eigenvalue weighted by Gasteiger charge is -2.07. The first kappa shape index (κ1) is 16.9. The van der Waals surface area contributed by atoms with Crippen LogP contribution in [0.1, 0.15) is 18.1 Å². The van der Waals surface area contributed by atoms with Gasteiger partial charge in [0, 0.05) is 6.54 Å². The Morgan fingerprint density at radius 3 is 2.56 bits per heavy atom. The highest BCUT2D eigenvalue weighted by atomic mass is 127. The average Bonchev–Trinajstić information content (AvgIpc) is 2.34. The van der Waals surface area contributed by atoms with Crippen LogP contribution >= 0.6 is 24.0 Å². The summed E-state index contributed by atoms with van der Waals surface area (Å²) in [6.45, 7) is 6.79. The highest BCUT2D eigenvalue weighted by Gasteiger charge is 1.99. The van der Waals surface area contributed by atoms with E-state index in [-0.39, 0.29) is 30.6 Å². The molecule has 0 heterocycles. The number of nitrogens with one attached hydrogen (secondary N) is 1. The molecule has 0 atom stereocenters. The van der Waals surface area contributed by atoms with Gasteiger partial charge in [-0.05, 0) is 18.1 Å². The van der Waals surface area contributed by atoms with Gasteiger partial charge in [0.2, 0.25) is 0 Å². The number of aliphatic hydroxyl groups excluding tert-OH is 1. The van der Waals surface area contributed by atoms with Crippen molar-refractivity contribution < 1.29 is 5.11 Å². The third-order valence-electron chi connectivity index (χ3n) is 2.28. The number of hydrogen-bond donors (Lipinski definition) is 3. The molecule has 0 aliphatic rings. The van der Waals surface area contributed by atoms with Gasteiger partial charge in [0.1, 0.15) is 0 Å². The fraction of sp³-hybridized carbons (Fsp3) is 0.308. The molecule has 0 saturated carbocycles. The van der Waals surface area contributed by atoms with Gasteiger partial charge in [0.05, 0.1) is 13.2 Å². The Morgan fingerprint density at radius 1 is 1.39 bits per heavy atom. The Morgan fingerprint density at radius 2 is 2.00 bits per heavy atom. The van der Waals surface area contributed by atoms with Crippen LogP contribution in [0.4, 0.5) is 0 Å². The van der Waals surface area contributed by atoms with E-state index in [4.69, 9.17) is 10.8 Å². The Labute approximate surface area is 125 Å². The van der Waals surface area contributed by atoms with Gasteiger partial charge in [0.25, 0.3) is 0 Å². The smallest absolute Gasteiger partial charge is 0.189 e. The lowest BCUT2D eigenvalue weighted by Crippen LogP contribution is -2.32. The second-order valence-electron chi connectivity index (χ2n) is 3.94. The first-order valence-electron chi connectivity index (χ1n) is 5.49. The van der Waals surface area contributed by atoms with Crippen molar-refractivity contribution in [1.29, 1.82) is 0 Å². The SMILES string of the molecule is C=C(C)CNC(N)=NCc1ccccc1CO.I. The van der Waals surface area contributed by atoms with Crippen molar-refractivity contribution in [3.63, 3.8) is 0 Å². The summed E-state index contributed by atoms with van der Waals surface area (Å²) in [6.07, 6.45) is 0. The molecule has 0 radical (unpaired) electrons. The van der Waals surface area contributed by atoms with E-state index >= 15 is 0 Å². The molecule has 0 saturated heterocycles. The fourth-order valence-electron chi connectivity index (χ4n) is 1.33. The molecule has 1 rings (SSSR count). The Bertz CT molecular complexity index is 418. The summed E-state index contributed by atoms with van der Waals surface area (Å²) >= 11 is 0. The van der Waals surface area contributed by atoms with E-state index in [0.717, 1.165) is 16.7 Å². The summed E-state index contributed by atoms with van der Waals surface area (Å²) in [7, 11) is 0. The first-order chi connectivity index (χ1) is 8.13. The molecule has 4 nitrogen and oxygen atoms in total. The van der Waals surface area contributed by atoms with Crippen molar-refractivity contribution in [1.82, 2.24) is 5.32 Å². The minimum absolute atomic E-state index is 0. The molecule has 18 heavy (non-hydrogen) atoms. The van der Waals surface area contributed by atoms with Crippen molar-refractivity contribution in [3.8, 4) is 0 Å². The molecule has 5 heteroatoms. The molecular formula is C13H20IN3O.